The summed E-state index contributed by atoms with van der Waals surface area (Å²) in [4.78, 5) is 9.72. The van der Waals surface area contributed by atoms with Crippen LogP contribution in [0.1, 0.15) is 0 Å². The highest BCUT2D eigenvalue weighted by Crippen LogP contribution is 2.33. The number of fused-ring (bicyclic) bond motifs is 8. The van der Waals surface area contributed by atoms with Crippen molar-refractivity contribution in [3.05, 3.63) is 72.9 Å². The molecule has 7 heteroatoms. The summed E-state index contributed by atoms with van der Waals surface area (Å²) in [6, 6.07) is 21.4. The number of phenols is 1. The third-order valence-electron chi connectivity index (χ3n) is 5.99. The predicted molar refractivity (Wildman–Crippen MR) is 124 cm³/mol. The van der Waals surface area contributed by atoms with Crippen molar-refractivity contribution in [2.24, 2.45) is 0 Å². The Balaban J connectivity index is 1.64. The topological polar surface area (TPSA) is 68.5 Å². The van der Waals surface area contributed by atoms with Gasteiger partial charge >= 0.3 is 0 Å². The highest BCUT2D eigenvalue weighted by atomic mass is 16.3. The molecule has 31 heavy (non-hydrogen) atoms. The van der Waals surface area contributed by atoms with Crippen LogP contribution in [-0.2, 0) is 0 Å². The Morgan fingerprint density at radius 2 is 1.74 bits per heavy atom. The van der Waals surface area contributed by atoms with Gasteiger partial charge in [-0.05, 0) is 24.3 Å². The Morgan fingerprint density at radius 1 is 0.839 bits per heavy atom. The van der Waals surface area contributed by atoms with Crippen molar-refractivity contribution in [1.29, 1.82) is 0 Å². The van der Waals surface area contributed by atoms with E-state index in [0.29, 0.717) is 5.82 Å². The predicted octanol–water partition coefficient (Wildman–Crippen LogP) is 3.69. The monoisotopic (exact) mass is 402 g/mol. The molecule has 7 aromatic rings. The summed E-state index contributed by atoms with van der Waals surface area (Å²) in [7, 11) is 2.06. The second-order valence-corrected chi connectivity index (χ2v) is 7.84. The summed E-state index contributed by atoms with van der Waals surface area (Å²) in [6.07, 6.45) is 1.84. The molecule has 6 nitrogen and oxygen atoms in total. The van der Waals surface area contributed by atoms with Gasteiger partial charge in [-0.3, -0.25) is 8.97 Å². The Morgan fingerprint density at radius 3 is 2.68 bits per heavy atom. The largest absolute Gasteiger partial charge is 0.508 e. The SMILES string of the molecule is Bc1cccc2c1nc1n(-c3cc4oc5ccccc5c4cn3)c3cc(O)ccc3n21. The molecule has 0 fully saturated rings. The van der Waals surface area contributed by atoms with E-state index < -0.39 is 0 Å². The molecule has 0 atom stereocenters. The van der Waals surface area contributed by atoms with Gasteiger partial charge in [0.2, 0.25) is 5.78 Å². The maximum atomic E-state index is 10.2. The number of benzene rings is 3. The number of nitrogens with zero attached hydrogens (tertiary/aromatic N) is 4. The summed E-state index contributed by atoms with van der Waals surface area (Å²) in [6.45, 7) is 0. The molecule has 1 N–H and O–H groups in total. The van der Waals surface area contributed by atoms with Gasteiger partial charge in [-0.1, -0.05) is 35.8 Å². The molecule has 0 spiro atoms. The van der Waals surface area contributed by atoms with Crippen LogP contribution in [0.2, 0.25) is 0 Å². The third kappa shape index (κ3) is 2.12. The molecule has 0 aliphatic carbocycles. The number of rotatable bonds is 1. The van der Waals surface area contributed by atoms with Crippen molar-refractivity contribution in [2.75, 3.05) is 0 Å². The first kappa shape index (κ1) is 16.5. The van der Waals surface area contributed by atoms with Crippen LogP contribution in [0, 0.1) is 0 Å². The van der Waals surface area contributed by atoms with E-state index >= 15 is 0 Å². The molecule has 0 amide bonds. The van der Waals surface area contributed by atoms with Crippen LogP contribution in [0.4, 0.5) is 0 Å². The third-order valence-corrected chi connectivity index (χ3v) is 5.99. The first-order chi connectivity index (χ1) is 15.2. The summed E-state index contributed by atoms with van der Waals surface area (Å²) < 4.78 is 10.2. The zero-order valence-corrected chi connectivity index (χ0v) is 16.6. The summed E-state index contributed by atoms with van der Waals surface area (Å²) in [5.41, 5.74) is 6.46. The summed E-state index contributed by atoms with van der Waals surface area (Å²) in [5, 5.41) is 12.2. The van der Waals surface area contributed by atoms with Crippen molar-refractivity contribution in [1.82, 2.24) is 18.9 Å². The minimum atomic E-state index is 0.194. The highest BCUT2D eigenvalue weighted by molar-refractivity contribution is 6.38. The zero-order valence-electron chi connectivity index (χ0n) is 16.6. The molecule has 0 aliphatic rings. The lowest BCUT2D eigenvalue weighted by Crippen LogP contribution is -2.03. The Hall–Kier alpha value is -4.26. The fraction of sp³-hybridized carbons (Fsp3) is 0. The van der Waals surface area contributed by atoms with E-state index in [2.05, 4.69) is 24.4 Å². The Labute approximate surface area is 176 Å². The number of hydrogen-bond donors (Lipinski definition) is 1. The number of pyridine rings is 1. The van der Waals surface area contributed by atoms with Crippen molar-refractivity contribution in [3.63, 3.8) is 0 Å². The average Bonchev–Trinajstić information content (AvgIpc) is 3.42. The fourth-order valence-electron chi connectivity index (χ4n) is 4.56. The van der Waals surface area contributed by atoms with Crippen molar-refractivity contribution in [3.8, 4) is 11.6 Å². The van der Waals surface area contributed by atoms with Gasteiger partial charge in [0.1, 0.15) is 30.6 Å². The molecule has 0 saturated heterocycles. The Bertz CT molecular complexity index is 1830. The molecular weight excluding hydrogens is 387 g/mol. The van der Waals surface area contributed by atoms with E-state index in [1.165, 1.54) is 0 Å². The lowest BCUT2D eigenvalue weighted by atomic mass is 9.95. The second kappa shape index (κ2) is 5.67. The number of para-hydroxylation sites is 2. The minimum absolute atomic E-state index is 0.194. The first-order valence-corrected chi connectivity index (χ1v) is 10.1. The molecule has 7 rings (SSSR count). The van der Waals surface area contributed by atoms with Gasteiger partial charge in [-0.2, -0.15) is 0 Å². The number of furan rings is 1. The van der Waals surface area contributed by atoms with Gasteiger partial charge in [0.15, 0.2) is 0 Å². The summed E-state index contributed by atoms with van der Waals surface area (Å²) in [5.74, 6) is 1.62. The fourth-order valence-corrected chi connectivity index (χ4v) is 4.56. The van der Waals surface area contributed by atoms with Gasteiger partial charge in [0.25, 0.3) is 0 Å². The van der Waals surface area contributed by atoms with Crippen molar-refractivity contribution >= 4 is 63.1 Å². The van der Waals surface area contributed by atoms with Crippen LogP contribution in [0.25, 0.3) is 55.6 Å². The second-order valence-electron chi connectivity index (χ2n) is 7.84. The average molecular weight is 402 g/mol. The number of phenolic OH excluding ortho intramolecular Hbond substituents is 1. The molecule has 0 saturated carbocycles. The molecule has 0 aliphatic heterocycles. The number of aromatic nitrogens is 4. The Kier molecular flexibility index (Phi) is 3.02. The number of hydrogen-bond acceptors (Lipinski definition) is 4. The van der Waals surface area contributed by atoms with Crippen molar-refractivity contribution < 1.29 is 9.52 Å². The zero-order chi connectivity index (χ0) is 20.7. The maximum Gasteiger partial charge on any atom is 0.221 e. The smallest absolute Gasteiger partial charge is 0.221 e. The normalized spacial score (nSPS) is 12.1. The molecule has 0 unspecified atom stereocenters. The maximum absolute atomic E-state index is 10.2. The van der Waals surface area contributed by atoms with E-state index in [0.717, 1.165) is 55.2 Å². The minimum Gasteiger partial charge on any atom is -0.508 e. The van der Waals surface area contributed by atoms with Gasteiger partial charge in [0.05, 0.1) is 22.1 Å². The molecule has 3 aromatic carbocycles. The van der Waals surface area contributed by atoms with Gasteiger partial charge in [-0.15, -0.1) is 0 Å². The standard InChI is InChI=1S/C24H15BN4O2/c25-16-5-3-6-18-23(16)27-24-28(18)17-9-8-13(30)10-19(17)29(24)22-11-21-15(12-26-22)14-4-1-2-7-20(14)31-21/h1-12,30H,25H2. The van der Waals surface area contributed by atoms with Gasteiger partial charge < -0.3 is 9.52 Å². The van der Waals surface area contributed by atoms with Crippen LogP contribution in [0.15, 0.2) is 77.3 Å². The van der Waals surface area contributed by atoms with Gasteiger partial charge in [-0.25, -0.2) is 9.97 Å². The molecule has 146 valence electrons. The van der Waals surface area contributed by atoms with E-state index in [-0.39, 0.29) is 5.75 Å². The molecule has 0 bridgehead atoms. The quantitative estimate of drug-likeness (QED) is 0.426. The van der Waals surface area contributed by atoms with Gasteiger partial charge in [0, 0.05) is 29.1 Å². The summed E-state index contributed by atoms with van der Waals surface area (Å²) >= 11 is 0. The number of aromatic hydroxyl groups is 1. The van der Waals surface area contributed by atoms with E-state index in [1.54, 1.807) is 12.1 Å². The first-order valence-electron chi connectivity index (χ1n) is 10.1. The molecule has 4 heterocycles. The highest BCUT2D eigenvalue weighted by Gasteiger charge is 2.20. The van der Waals surface area contributed by atoms with E-state index in [9.17, 15) is 5.11 Å². The van der Waals surface area contributed by atoms with Crippen LogP contribution < -0.4 is 5.46 Å². The van der Waals surface area contributed by atoms with Crippen LogP contribution in [0.5, 0.6) is 5.75 Å². The molecular formula is C24H15BN4O2. The lowest BCUT2D eigenvalue weighted by Gasteiger charge is -2.04. The van der Waals surface area contributed by atoms with E-state index in [4.69, 9.17) is 14.4 Å². The van der Waals surface area contributed by atoms with E-state index in [1.807, 2.05) is 53.2 Å². The lowest BCUT2D eigenvalue weighted by molar-refractivity contribution is 0.476. The molecule has 4 aromatic heterocycles. The molecule has 0 radical (unpaired) electrons. The van der Waals surface area contributed by atoms with Crippen LogP contribution in [-0.4, -0.2) is 31.9 Å². The van der Waals surface area contributed by atoms with Crippen LogP contribution in [0.3, 0.4) is 0 Å². The van der Waals surface area contributed by atoms with Crippen molar-refractivity contribution in [2.45, 2.75) is 0 Å². The van der Waals surface area contributed by atoms with Crippen LogP contribution >= 0.6 is 0 Å². The number of imidazole rings is 2.